The van der Waals surface area contributed by atoms with Crippen molar-refractivity contribution in [2.45, 2.75) is 6.92 Å². The molecule has 0 saturated carbocycles. The zero-order valence-electron chi connectivity index (χ0n) is 13.9. The number of carbonyl (C=O) groups is 1. The summed E-state index contributed by atoms with van der Waals surface area (Å²) in [4.78, 5) is 22.7. The lowest BCUT2D eigenvalue weighted by Crippen LogP contribution is -2.18. The summed E-state index contributed by atoms with van der Waals surface area (Å²) in [6.07, 6.45) is 1.34. The van der Waals surface area contributed by atoms with Crippen LogP contribution < -0.4 is 5.43 Å². The molecule has 1 aromatic heterocycles. The maximum absolute atomic E-state index is 12.1. The van der Waals surface area contributed by atoms with Crippen LogP contribution in [0, 0.1) is 17.0 Å². The van der Waals surface area contributed by atoms with Gasteiger partial charge in [-0.25, -0.2) is 5.43 Å². The number of hydrazone groups is 1. The smallest absolute Gasteiger partial charge is 0.280 e. The van der Waals surface area contributed by atoms with Crippen molar-refractivity contribution in [3.05, 3.63) is 87.7 Å². The van der Waals surface area contributed by atoms with E-state index in [0.717, 1.165) is 5.56 Å². The Morgan fingerprint density at radius 2 is 1.85 bits per heavy atom. The van der Waals surface area contributed by atoms with Crippen molar-refractivity contribution in [1.29, 1.82) is 0 Å². The average molecular weight is 349 g/mol. The summed E-state index contributed by atoms with van der Waals surface area (Å²) in [6.45, 7) is 1.84. The van der Waals surface area contributed by atoms with Gasteiger partial charge in [-0.05, 0) is 36.8 Å². The van der Waals surface area contributed by atoms with Crippen LogP contribution in [0.2, 0.25) is 0 Å². The maximum atomic E-state index is 12.1. The number of para-hydroxylation sites is 1. The van der Waals surface area contributed by atoms with E-state index in [-0.39, 0.29) is 11.6 Å². The van der Waals surface area contributed by atoms with Crippen molar-refractivity contribution in [2.75, 3.05) is 0 Å². The Balaban J connectivity index is 1.73. The van der Waals surface area contributed by atoms with Gasteiger partial charge in [0.15, 0.2) is 0 Å². The number of amides is 1. The molecule has 7 nitrogen and oxygen atoms in total. The fourth-order valence-corrected chi connectivity index (χ4v) is 2.45. The van der Waals surface area contributed by atoms with E-state index in [4.69, 9.17) is 4.42 Å². The highest BCUT2D eigenvalue weighted by Gasteiger charge is 2.16. The first-order chi connectivity index (χ1) is 12.6. The number of nitrogens with zero attached hydrogens (tertiary/aromatic N) is 2. The molecule has 0 atom stereocenters. The monoisotopic (exact) mass is 349 g/mol. The van der Waals surface area contributed by atoms with E-state index in [9.17, 15) is 14.9 Å². The summed E-state index contributed by atoms with van der Waals surface area (Å²) in [5.74, 6) is 0.386. The van der Waals surface area contributed by atoms with Crippen LogP contribution in [0.5, 0.6) is 0 Å². The molecule has 2 aromatic carbocycles. The first-order valence-corrected chi connectivity index (χ1v) is 7.79. The van der Waals surface area contributed by atoms with E-state index < -0.39 is 4.92 Å². The Kier molecular flexibility index (Phi) is 4.89. The molecule has 26 heavy (non-hydrogen) atoms. The standard InChI is InChI=1S/C19H15N3O4/c1-13-6-2-3-7-15(13)19(23)21-20-12-14-10-11-18(26-14)16-8-4-5-9-17(16)22(24)25/h2-12H,1H3,(H,21,23)/b20-12-. The minimum absolute atomic E-state index is 0.0433. The molecule has 0 fully saturated rings. The van der Waals surface area contributed by atoms with Crippen molar-refractivity contribution >= 4 is 17.8 Å². The maximum Gasteiger partial charge on any atom is 0.280 e. The number of aryl methyl sites for hydroxylation is 1. The van der Waals surface area contributed by atoms with Gasteiger partial charge >= 0.3 is 0 Å². The van der Waals surface area contributed by atoms with Crippen molar-refractivity contribution < 1.29 is 14.1 Å². The molecule has 0 saturated heterocycles. The predicted octanol–water partition coefficient (Wildman–Crippen LogP) is 3.93. The van der Waals surface area contributed by atoms with Crippen molar-refractivity contribution in [3.63, 3.8) is 0 Å². The second-order valence-electron chi connectivity index (χ2n) is 5.49. The Morgan fingerprint density at radius 3 is 2.62 bits per heavy atom. The lowest BCUT2D eigenvalue weighted by Gasteiger charge is -2.02. The number of furan rings is 1. The molecule has 0 bridgehead atoms. The zero-order chi connectivity index (χ0) is 18.5. The first-order valence-electron chi connectivity index (χ1n) is 7.79. The minimum atomic E-state index is -0.464. The van der Waals surface area contributed by atoms with Crippen LogP contribution in [-0.2, 0) is 0 Å². The highest BCUT2D eigenvalue weighted by molar-refractivity contribution is 5.96. The molecule has 1 amide bonds. The highest BCUT2D eigenvalue weighted by Crippen LogP contribution is 2.30. The van der Waals surface area contributed by atoms with Crippen molar-refractivity contribution in [2.24, 2.45) is 5.10 Å². The summed E-state index contributed by atoms with van der Waals surface area (Å²) in [6, 6.07) is 16.7. The van der Waals surface area contributed by atoms with Crippen LogP contribution in [0.3, 0.4) is 0 Å². The first kappa shape index (κ1) is 17.1. The Bertz CT molecular complexity index is 992. The molecule has 130 valence electrons. The zero-order valence-corrected chi connectivity index (χ0v) is 13.9. The van der Waals surface area contributed by atoms with E-state index in [1.54, 1.807) is 42.5 Å². The van der Waals surface area contributed by atoms with Gasteiger partial charge in [0.25, 0.3) is 11.6 Å². The quantitative estimate of drug-likeness (QED) is 0.429. The summed E-state index contributed by atoms with van der Waals surface area (Å²) < 4.78 is 5.57. The summed E-state index contributed by atoms with van der Waals surface area (Å²) in [7, 11) is 0. The second-order valence-corrected chi connectivity index (χ2v) is 5.49. The molecular formula is C19H15N3O4. The number of nitro groups is 1. The number of rotatable bonds is 5. The number of nitrogens with one attached hydrogen (secondary N) is 1. The van der Waals surface area contributed by atoms with E-state index in [1.165, 1.54) is 12.3 Å². The molecule has 0 aliphatic rings. The Labute approximate surface area is 149 Å². The van der Waals surface area contributed by atoms with E-state index in [0.29, 0.717) is 22.6 Å². The molecule has 0 aliphatic heterocycles. The number of hydrogen-bond donors (Lipinski definition) is 1. The number of nitro benzene ring substituents is 1. The molecule has 0 aliphatic carbocycles. The molecule has 1 heterocycles. The predicted molar refractivity (Wildman–Crippen MR) is 97.0 cm³/mol. The van der Waals surface area contributed by atoms with Crippen LogP contribution >= 0.6 is 0 Å². The molecule has 0 unspecified atom stereocenters. The Morgan fingerprint density at radius 1 is 1.12 bits per heavy atom. The second kappa shape index (κ2) is 7.43. The summed E-state index contributed by atoms with van der Waals surface area (Å²) in [5, 5.41) is 15.0. The SMILES string of the molecule is Cc1ccccc1C(=O)N/N=C\c1ccc(-c2ccccc2[N+](=O)[O-])o1. The van der Waals surface area contributed by atoms with Gasteiger partial charge in [-0.1, -0.05) is 30.3 Å². The normalized spacial score (nSPS) is 10.8. The molecular weight excluding hydrogens is 334 g/mol. The third-order valence-corrected chi connectivity index (χ3v) is 3.74. The number of benzene rings is 2. The molecule has 3 rings (SSSR count). The van der Waals surface area contributed by atoms with Gasteiger partial charge in [-0.2, -0.15) is 5.10 Å². The fourth-order valence-electron chi connectivity index (χ4n) is 2.45. The van der Waals surface area contributed by atoms with Crippen LogP contribution in [0.1, 0.15) is 21.7 Å². The van der Waals surface area contributed by atoms with Gasteiger partial charge in [-0.15, -0.1) is 0 Å². The molecule has 7 heteroatoms. The van der Waals surface area contributed by atoms with Gasteiger partial charge in [0.05, 0.1) is 16.7 Å². The average Bonchev–Trinajstić information content (AvgIpc) is 3.10. The lowest BCUT2D eigenvalue weighted by atomic mass is 10.1. The molecule has 0 radical (unpaired) electrons. The van der Waals surface area contributed by atoms with Crippen molar-refractivity contribution in [3.8, 4) is 11.3 Å². The largest absolute Gasteiger partial charge is 0.455 e. The number of carbonyl (C=O) groups excluding carboxylic acids is 1. The van der Waals surface area contributed by atoms with Crippen LogP contribution in [0.25, 0.3) is 11.3 Å². The van der Waals surface area contributed by atoms with Crippen LogP contribution in [0.15, 0.2) is 70.2 Å². The topological polar surface area (TPSA) is 97.7 Å². The van der Waals surface area contributed by atoms with Gasteiger partial charge in [0, 0.05) is 11.6 Å². The van der Waals surface area contributed by atoms with E-state index >= 15 is 0 Å². The van der Waals surface area contributed by atoms with Gasteiger partial charge in [-0.3, -0.25) is 14.9 Å². The third-order valence-electron chi connectivity index (χ3n) is 3.74. The fraction of sp³-hybridized carbons (Fsp3) is 0.0526. The minimum Gasteiger partial charge on any atom is -0.455 e. The molecule has 0 spiro atoms. The van der Waals surface area contributed by atoms with E-state index in [2.05, 4.69) is 10.5 Å². The van der Waals surface area contributed by atoms with Crippen LogP contribution in [0.4, 0.5) is 5.69 Å². The van der Waals surface area contributed by atoms with Gasteiger partial charge in [0.2, 0.25) is 0 Å². The summed E-state index contributed by atoms with van der Waals surface area (Å²) >= 11 is 0. The van der Waals surface area contributed by atoms with E-state index in [1.807, 2.05) is 19.1 Å². The Hall–Kier alpha value is -3.74. The summed E-state index contributed by atoms with van der Waals surface area (Å²) in [5.41, 5.74) is 4.14. The molecule has 1 N–H and O–H groups in total. The lowest BCUT2D eigenvalue weighted by molar-refractivity contribution is -0.384. The van der Waals surface area contributed by atoms with Gasteiger partial charge in [0.1, 0.15) is 11.5 Å². The van der Waals surface area contributed by atoms with Crippen LogP contribution in [-0.4, -0.2) is 17.0 Å². The number of hydrogen-bond acceptors (Lipinski definition) is 5. The third kappa shape index (κ3) is 3.67. The molecule has 3 aromatic rings. The van der Waals surface area contributed by atoms with Crippen molar-refractivity contribution in [1.82, 2.24) is 5.43 Å². The van der Waals surface area contributed by atoms with Gasteiger partial charge < -0.3 is 4.42 Å². The highest BCUT2D eigenvalue weighted by atomic mass is 16.6.